The lowest BCUT2D eigenvalue weighted by molar-refractivity contribution is 1.25. The molecule has 0 spiro atoms. The van der Waals surface area contributed by atoms with E-state index in [9.17, 15) is 0 Å². The Morgan fingerprint density at radius 1 is 1.17 bits per heavy atom. The van der Waals surface area contributed by atoms with Crippen molar-refractivity contribution in [3.05, 3.63) is 47.0 Å². The van der Waals surface area contributed by atoms with Gasteiger partial charge in [0.05, 0.1) is 11.3 Å². The number of anilines is 1. The number of nitrogens with one attached hydrogen (secondary N) is 1. The van der Waals surface area contributed by atoms with E-state index in [2.05, 4.69) is 48.4 Å². The molecule has 1 heterocycles. The van der Waals surface area contributed by atoms with E-state index in [1.165, 1.54) is 11.1 Å². The third-order valence-electron chi connectivity index (χ3n) is 2.92. The molecule has 0 unspecified atom stereocenters. The van der Waals surface area contributed by atoms with E-state index >= 15 is 0 Å². The Kier molecular flexibility index (Phi) is 3.29. The SMILES string of the molecule is CNc1nc(-c2cc(C)ccc2C)ccc1C#N. The summed E-state index contributed by atoms with van der Waals surface area (Å²) in [4.78, 5) is 4.50. The van der Waals surface area contributed by atoms with Crippen molar-refractivity contribution in [3.63, 3.8) is 0 Å². The normalized spacial score (nSPS) is 9.89. The molecular formula is C15H15N3. The first-order valence-corrected chi connectivity index (χ1v) is 5.82. The maximum atomic E-state index is 8.98. The number of aryl methyl sites for hydroxylation is 2. The molecule has 3 nitrogen and oxygen atoms in total. The van der Waals surface area contributed by atoms with Gasteiger partial charge in [0.1, 0.15) is 11.9 Å². The van der Waals surface area contributed by atoms with Gasteiger partial charge < -0.3 is 5.32 Å². The number of rotatable bonds is 2. The van der Waals surface area contributed by atoms with Crippen LogP contribution in [0.3, 0.4) is 0 Å². The summed E-state index contributed by atoms with van der Waals surface area (Å²) in [5.41, 5.74) is 4.94. The average Bonchev–Trinajstić information content (AvgIpc) is 2.40. The lowest BCUT2D eigenvalue weighted by atomic mass is 10.0. The van der Waals surface area contributed by atoms with Crippen LogP contribution in [0.25, 0.3) is 11.3 Å². The maximum absolute atomic E-state index is 8.98. The predicted molar refractivity (Wildman–Crippen MR) is 73.4 cm³/mol. The van der Waals surface area contributed by atoms with Crippen LogP contribution in [0.5, 0.6) is 0 Å². The van der Waals surface area contributed by atoms with Crippen LogP contribution in [0.15, 0.2) is 30.3 Å². The van der Waals surface area contributed by atoms with Gasteiger partial charge in [-0.05, 0) is 37.6 Å². The van der Waals surface area contributed by atoms with Crippen LogP contribution in [0, 0.1) is 25.2 Å². The third-order valence-corrected chi connectivity index (χ3v) is 2.92. The van der Waals surface area contributed by atoms with Crippen LogP contribution in [0.2, 0.25) is 0 Å². The van der Waals surface area contributed by atoms with E-state index < -0.39 is 0 Å². The van der Waals surface area contributed by atoms with Crippen LogP contribution < -0.4 is 5.32 Å². The highest BCUT2D eigenvalue weighted by atomic mass is 15.0. The lowest BCUT2D eigenvalue weighted by Crippen LogP contribution is -1.98. The minimum Gasteiger partial charge on any atom is -0.372 e. The Bertz CT molecular complexity index is 624. The Labute approximate surface area is 107 Å². The van der Waals surface area contributed by atoms with Crippen molar-refractivity contribution in [3.8, 4) is 17.3 Å². The number of aromatic nitrogens is 1. The van der Waals surface area contributed by atoms with Crippen molar-refractivity contribution in [2.24, 2.45) is 0 Å². The molecule has 0 aliphatic rings. The van der Waals surface area contributed by atoms with E-state index in [-0.39, 0.29) is 0 Å². The molecule has 0 bridgehead atoms. The summed E-state index contributed by atoms with van der Waals surface area (Å²) < 4.78 is 0. The quantitative estimate of drug-likeness (QED) is 0.872. The highest BCUT2D eigenvalue weighted by Crippen LogP contribution is 2.25. The van der Waals surface area contributed by atoms with Gasteiger partial charge in [0.15, 0.2) is 0 Å². The molecule has 1 N–H and O–H groups in total. The first-order valence-electron chi connectivity index (χ1n) is 5.82. The van der Waals surface area contributed by atoms with Crippen LogP contribution in [-0.4, -0.2) is 12.0 Å². The zero-order chi connectivity index (χ0) is 13.1. The molecule has 1 aromatic heterocycles. The summed E-state index contributed by atoms with van der Waals surface area (Å²) in [5, 5.41) is 11.9. The molecule has 0 aliphatic carbocycles. The highest BCUT2D eigenvalue weighted by Gasteiger charge is 2.07. The summed E-state index contributed by atoms with van der Waals surface area (Å²) in [6, 6.07) is 12.1. The zero-order valence-corrected chi connectivity index (χ0v) is 10.8. The maximum Gasteiger partial charge on any atom is 0.144 e. The molecule has 0 saturated carbocycles. The van der Waals surface area contributed by atoms with Crippen LogP contribution in [-0.2, 0) is 0 Å². The lowest BCUT2D eigenvalue weighted by Gasteiger charge is -2.09. The minimum atomic E-state index is 0.562. The molecule has 2 rings (SSSR count). The fourth-order valence-electron chi connectivity index (χ4n) is 1.90. The predicted octanol–water partition coefficient (Wildman–Crippen LogP) is 3.28. The van der Waals surface area contributed by atoms with E-state index in [4.69, 9.17) is 5.26 Å². The summed E-state index contributed by atoms with van der Waals surface area (Å²) in [5.74, 6) is 0.621. The number of nitriles is 1. The van der Waals surface area contributed by atoms with E-state index in [1.807, 2.05) is 6.07 Å². The minimum absolute atomic E-state index is 0.562. The Morgan fingerprint density at radius 2 is 1.94 bits per heavy atom. The van der Waals surface area contributed by atoms with E-state index in [1.54, 1.807) is 13.1 Å². The van der Waals surface area contributed by atoms with Gasteiger partial charge in [-0.2, -0.15) is 5.26 Å². The third kappa shape index (κ3) is 2.18. The van der Waals surface area contributed by atoms with E-state index in [0.29, 0.717) is 11.4 Å². The summed E-state index contributed by atoms with van der Waals surface area (Å²) in [6.07, 6.45) is 0. The molecular weight excluding hydrogens is 222 g/mol. The van der Waals surface area contributed by atoms with Crippen LogP contribution in [0.4, 0.5) is 5.82 Å². The summed E-state index contributed by atoms with van der Waals surface area (Å²) in [6.45, 7) is 4.12. The van der Waals surface area contributed by atoms with E-state index in [0.717, 1.165) is 11.3 Å². The molecule has 0 fully saturated rings. The molecule has 0 aliphatic heterocycles. The number of pyridine rings is 1. The monoisotopic (exact) mass is 237 g/mol. The molecule has 3 heteroatoms. The van der Waals surface area contributed by atoms with Gasteiger partial charge in [-0.25, -0.2) is 4.98 Å². The topological polar surface area (TPSA) is 48.7 Å². The molecule has 0 amide bonds. The standard InChI is InChI=1S/C15H15N3/c1-10-4-5-11(2)13(8-10)14-7-6-12(9-16)15(17-3)18-14/h4-8H,1-3H3,(H,17,18). The summed E-state index contributed by atoms with van der Waals surface area (Å²) in [7, 11) is 1.77. The van der Waals surface area contributed by atoms with Gasteiger partial charge in [0, 0.05) is 12.6 Å². The first kappa shape index (κ1) is 12.1. The average molecular weight is 237 g/mol. The highest BCUT2D eigenvalue weighted by molar-refractivity contribution is 5.68. The molecule has 2 aromatic rings. The molecule has 18 heavy (non-hydrogen) atoms. The number of benzene rings is 1. The fourth-order valence-corrected chi connectivity index (χ4v) is 1.90. The van der Waals surface area contributed by atoms with Gasteiger partial charge in [-0.1, -0.05) is 17.7 Å². The molecule has 0 saturated heterocycles. The number of hydrogen-bond donors (Lipinski definition) is 1. The Hall–Kier alpha value is -2.34. The second-order valence-electron chi connectivity index (χ2n) is 4.27. The number of nitrogens with zero attached hydrogens (tertiary/aromatic N) is 2. The van der Waals surface area contributed by atoms with Crippen LogP contribution in [0.1, 0.15) is 16.7 Å². The first-order chi connectivity index (χ1) is 8.65. The largest absolute Gasteiger partial charge is 0.372 e. The molecule has 0 atom stereocenters. The van der Waals surface area contributed by atoms with Gasteiger partial charge in [0.2, 0.25) is 0 Å². The van der Waals surface area contributed by atoms with Gasteiger partial charge in [-0.15, -0.1) is 0 Å². The van der Waals surface area contributed by atoms with Crippen molar-refractivity contribution < 1.29 is 0 Å². The Balaban J connectivity index is 2.58. The van der Waals surface area contributed by atoms with Crippen molar-refractivity contribution in [1.29, 1.82) is 5.26 Å². The smallest absolute Gasteiger partial charge is 0.144 e. The molecule has 1 aromatic carbocycles. The summed E-state index contributed by atoms with van der Waals surface area (Å²) >= 11 is 0. The number of hydrogen-bond acceptors (Lipinski definition) is 3. The second kappa shape index (κ2) is 4.89. The zero-order valence-electron chi connectivity index (χ0n) is 10.8. The van der Waals surface area contributed by atoms with Crippen molar-refractivity contribution in [2.75, 3.05) is 12.4 Å². The van der Waals surface area contributed by atoms with Gasteiger partial charge in [-0.3, -0.25) is 0 Å². The molecule has 90 valence electrons. The van der Waals surface area contributed by atoms with Crippen LogP contribution >= 0.6 is 0 Å². The van der Waals surface area contributed by atoms with Gasteiger partial charge >= 0.3 is 0 Å². The molecule has 0 radical (unpaired) electrons. The second-order valence-corrected chi connectivity index (χ2v) is 4.27. The van der Waals surface area contributed by atoms with Crippen molar-refractivity contribution >= 4 is 5.82 Å². The Morgan fingerprint density at radius 3 is 2.61 bits per heavy atom. The van der Waals surface area contributed by atoms with Crippen molar-refractivity contribution in [2.45, 2.75) is 13.8 Å². The van der Waals surface area contributed by atoms with Gasteiger partial charge in [0.25, 0.3) is 0 Å². The van der Waals surface area contributed by atoms with Crippen molar-refractivity contribution in [1.82, 2.24) is 4.98 Å². The fraction of sp³-hybridized carbons (Fsp3) is 0.200.